The molecule has 0 bridgehead atoms. The highest BCUT2D eigenvalue weighted by atomic mass is 16.7. The molecule has 0 aromatic rings. The van der Waals surface area contributed by atoms with Crippen LogP contribution in [0, 0.1) is 5.92 Å². The van der Waals surface area contributed by atoms with Crippen LogP contribution in [0.2, 0.25) is 0 Å². The van der Waals surface area contributed by atoms with Crippen molar-refractivity contribution in [1.82, 2.24) is 0 Å². The highest BCUT2D eigenvalue weighted by molar-refractivity contribution is 5.79. The van der Waals surface area contributed by atoms with E-state index in [1.807, 2.05) is 6.92 Å². The summed E-state index contributed by atoms with van der Waals surface area (Å²) in [6.45, 7) is 4.47. The first-order chi connectivity index (χ1) is 7.24. The lowest BCUT2D eigenvalue weighted by Gasteiger charge is -2.28. The zero-order valence-corrected chi connectivity index (χ0v) is 9.62. The van der Waals surface area contributed by atoms with Crippen LogP contribution in [0.5, 0.6) is 0 Å². The number of ether oxygens (including phenoxy) is 2. The van der Waals surface area contributed by atoms with E-state index in [1.54, 1.807) is 0 Å². The average molecular weight is 212 g/mol. The first kappa shape index (κ1) is 10.9. The Kier molecular flexibility index (Phi) is 3.01. The predicted molar refractivity (Wildman–Crippen MR) is 56.5 cm³/mol. The average Bonchev–Trinajstić information content (AvgIpc) is 2.94. The summed E-state index contributed by atoms with van der Waals surface area (Å²) in [5.41, 5.74) is -0.140. The highest BCUT2D eigenvalue weighted by Gasteiger charge is 2.65. The molecule has 86 valence electrons. The molecule has 1 aliphatic heterocycles. The van der Waals surface area contributed by atoms with E-state index >= 15 is 0 Å². The lowest BCUT2D eigenvalue weighted by molar-refractivity contribution is -0.144. The number of epoxide rings is 1. The number of rotatable bonds is 3. The molecule has 0 N–H and O–H groups in total. The van der Waals surface area contributed by atoms with Crippen molar-refractivity contribution in [1.29, 1.82) is 0 Å². The number of hydrogen-bond donors (Lipinski definition) is 0. The van der Waals surface area contributed by atoms with Gasteiger partial charge >= 0.3 is 5.97 Å². The van der Waals surface area contributed by atoms with Crippen molar-refractivity contribution in [3.8, 4) is 0 Å². The molecule has 0 radical (unpaired) electrons. The van der Waals surface area contributed by atoms with Crippen LogP contribution < -0.4 is 0 Å². The van der Waals surface area contributed by atoms with Gasteiger partial charge in [0.05, 0.1) is 6.61 Å². The van der Waals surface area contributed by atoms with Crippen LogP contribution in [0.4, 0.5) is 0 Å². The third kappa shape index (κ3) is 1.78. The molecule has 0 amide bonds. The van der Waals surface area contributed by atoms with Gasteiger partial charge in [0.25, 0.3) is 0 Å². The van der Waals surface area contributed by atoms with Gasteiger partial charge in [0, 0.05) is 0 Å². The number of hydrogen-bond acceptors (Lipinski definition) is 3. The van der Waals surface area contributed by atoms with Gasteiger partial charge in [0.1, 0.15) is 5.60 Å². The summed E-state index contributed by atoms with van der Waals surface area (Å²) < 4.78 is 10.7. The fourth-order valence-electron chi connectivity index (χ4n) is 2.94. The molecule has 3 unspecified atom stereocenters. The summed E-state index contributed by atoms with van der Waals surface area (Å²) in [5, 5.41) is 0. The van der Waals surface area contributed by atoms with Gasteiger partial charge in [-0.25, -0.2) is 4.79 Å². The van der Waals surface area contributed by atoms with Crippen molar-refractivity contribution >= 4 is 5.97 Å². The van der Waals surface area contributed by atoms with E-state index < -0.39 is 0 Å². The minimum absolute atomic E-state index is 0.140. The van der Waals surface area contributed by atoms with Crippen molar-refractivity contribution in [2.24, 2.45) is 5.92 Å². The number of esters is 1. The maximum atomic E-state index is 11.6. The molecule has 1 saturated carbocycles. The van der Waals surface area contributed by atoms with Crippen molar-refractivity contribution in [3.05, 3.63) is 0 Å². The van der Waals surface area contributed by atoms with Gasteiger partial charge < -0.3 is 9.47 Å². The van der Waals surface area contributed by atoms with E-state index in [2.05, 4.69) is 6.92 Å². The second kappa shape index (κ2) is 4.12. The minimum atomic E-state index is -0.261. The van der Waals surface area contributed by atoms with Crippen LogP contribution >= 0.6 is 0 Å². The Morgan fingerprint density at radius 3 is 2.93 bits per heavy atom. The Balaban J connectivity index is 2.00. The van der Waals surface area contributed by atoms with Gasteiger partial charge in [-0.3, -0.25) is 0 Å². The molecular weight excluding hydrogens is 192 g/mol. The van der Waals surface area contributed by atoms with Crippen LogP contribution in [-0.2, 0) is 14.3 Å². The van der Waals surface area contributed by atoms with Crippen LogP contribution in [-0.4, -0.2) is 24.3 Å². The molecule has 2 fully saturated rings. The molecule has 1 heterocycles. The summed E-state index contributed by atoms with van der Waals surface area (Å²) in [6.07, 6.45) is 5.55. The molecule has 3 heteroatoms. The molecule has 1 saturated heterocycles. The van der Waals surface area contributed by atoms with E-state index in [9.17, 15) is 4.79 Å². The van der Waals surface area contributed by atoms with Crippen molar-refractivity contribution in [2.75, 3.05) is 6.61 Å². The lowest BCUT2D eigenvalue weighted by Crippen LogP contribution is -2.33. The second-order valence-electron chi connectivity index (χ2n) is 4.56. The third-order valence-electron chi connectivity index (χ3n) is 3.78. The SMILES string of the molecule is CCOC(=O)C1OC12CCCCC2CC. The minimum Gasteiger partial charge on any atom is -0.464 e. The molecule has 1 aliphatic carbocycles. The Hall–Kier alpha value is -0.570. The maximum absolute atomic E-state index is 11.6. The first-order valence-corrected chi connectivity index (χ1v) is 6.09. The van der Waals surface area contributed by atoms with Crippen molar-refractivity contribution < 1.29 is 14.3 Å². The molecule has 0 aromatic carbocycles. The van der Waals surface area contributed by atoms with E-state index in [0.29, 0.717) is 12.5 Å². The fraction of sp³-hybridized carbons (Fsp3) is 0.917. The summed E-state index contributed by atoms with van der Waals surface area (Å²) in [6, 6.07) is 0. The Labute approximate surface area is 91.1 Å². The quantitative estimate of drug-likeness (QED) is 0.532. The van der Waals surface area contributed by atoms with Gasteiger partial charge in [0.2, 0.25) is 0 Å². The summed E-state index contributed by atoms with van der Waals surface area (Å²) in [4.78, 5) is 11.6. The van der Waals surface area contributed by atoms with Gasteiger partial charge in [-0.15, -0.1) is 0 Å². The zero-order chi connectivity index (χ0) is 10.9. The Morgan fingerprint density at radius 2 is 2.27 bits per heavy atom. The first-order valence-electron chi connectivity index (χ1n) is 6.09. The maximum Gasteiger partial charge on any atom is 0.338 e. The molecule has 15 heavy (non-hydrogen) atoms. The molecule has 1 spiro atoms. The molecule has 2 aliphatic rings. The van der Waals surface area contributed by atoms with Crippen LogP contribution in [0.3, 0.4) is 0 Å². The van der Waals surface area contributed by atoms with Gasteiger partial charge in [-0.1, -0.05) is 26.2 Å². The monoisotopic (exact) mass is 212 g/mol. The van der Waals surface area contributed by atoms with E-state index in [-0.39, 0.29) is 17.7 Å². The fourth-order valence-corrected chi connectivity index (χ4v) is 2.94. The summed E-state index contributed by atoms with van der Waals surface area (Å²) >= 11 is 0. The Morgan fingerprint density at radius 1 is 1.47 bits per heavy atom. The number of carbonyl (C=O) groups excluding carboxylic acids is 1. The third-order valence-corrected chi connectivity index (χ3v) is 3.78. The lowest BCUT2D eigenvalue weighted by atomic mass is 9.75. The standard InChI is InChI=1S/C12H20O3/c1-3-9-7-5-6-8-12(9)10(15-12)11(13)14-4-2/h9-10H,3-8H2,1-2H3. The molecular formula is C12H20O3. The smallest absolute Gasteiger partial charge is 0.338 e. The van der Waals surface area contributed by atoms with E-state index in [4.69, 9.17) is 9.47 Å². The predicted octanol–water partition coefficient (Wildman–Crippen LogP) is 2.29. The van der Waals surface area contributed by atoms with Crippen LogP contribution in [0.25, 0.3) is 0 Å². The molecule has 3 nitrogen and oxygen atoms in total. The van der Waals surface area contributed by atoms with Crippen molar-refractivity contribution in [3.63, 3.8) is 0 Å². The zero-order valence-electron chi connectivity index (χ0n) is 9.62. The summed E-state index contributed by atoms with van der Waals surface area (Å²) in [5.74, 6) is 0.401. The van der Waals surface area contributed by atoms with Gasteiger partial charge in [-0.05, 0) is 25.7 Å². The summed E-state index contributed by atoms with van der Waals surface area (Å²) in [7, 11) is 0. The van der Waals surface area contributed by atoms with Crippen LogP contribution in [0.1, 0.15) is 46.0 Å². The number of carbonyl (C=O) groups is 1. The van der Waals surface area contributed by atoms with Gasteiger partial charge in [0.15, 0.2) is 6.10 Å². The van der Waals surface area contributed by atoms with Crippen LogP contribution in [0.15, 0.2) is 0 Å². The van der Waals surface area contributed by atoms with Gasteiger partial charge in [-0.2, -0.15) is 0 Å². The van der Waals surface area contributed by atoms with Crippen molar-refractivity contribution in [2.45, 2.75) is 57.7 Å². The Bertz CT molecular complexity index is 251. The largest absolute Gasteiger partial charge is 0.464 e. The van der Waals surface area contributed by atoms with E-state index in [0.717, 1.165) is 12.8 Å². The van der Waals surface area contributed by atoms with E-state index in [1.165, 1.54) is 19.3 Å². The highest BCUT2D eigenvalue weighted by Crippen LogP contribution is 2.53. The normalized spacial score (nSPS) is 39.1. The second-order valence-corrected chi connectivity index (χ2v) is 4.56. The topological polar surface area (TPSA) is 38.8 Å². The molecule has 2 rings (SSSR count). The molecule has 0 aromatic heterocycles. The molecule has 3 atom stereocenters.